The molecule has 1 aromatic rings. The zero-order valence-corrected chi connectivity index (χ0v) is 10.1. The number of hydrogen-bond donors (Lipinski definition) is 1. The standard InChI is InChI=1S/C14H17FN2/c1-2-14(7-4-8-14)10-17-13-6-3-5-12(15)11(13)9-16/h3,5-6,17H,2,4,7-8,10H2,1H3. The summed E-state index contributed by atoms with van der Waals surface area (Å²) in [6.45, 7) is 3.03. The highest BCUT2D eigenvalue weighted by Gasteiger charge is 2.34. The minimum atomic E-state index is -0.448. The van der Waals surface area contributed by atoms with Gasteiger partial charge >= 0.3 is 0 Å². The van der Waals surface area contributed by atoms with Crippen molar-refractivity contribution in [3.63, 3.8) is 0 Å². The molecule has 1 fully saturated rings. The first-order valence-electron chi connectivity index (χ1n) is 6.13. The molecule has 1 aliphatic carbocycles. The average molecular weight is 232 g/mol. The summed E-state index contributed by atoms with van der Waals surface area (Å²) in [5.41, 5.74) is 1.10. The number of anilines is 1. The molecule has 2 nitrogen and oxygen atoms in total. The lowest BCUT2D eigenvalue weighted by Gasteiger charge is -2.41. The van der Waals surface area contributed by atoms with Crippen molar-refractivity contribution in [2.45, 2.75) is 32.6 Å². The number of benzene rings is 1. The van der Waals surface area contributed by atoms with E-state index in [1.807, 2.05) is 6.07 Å². The summed E-state index contributed by atoms with van der Waals surface area (Å²) in [6, 6.07) is 6.64. The largest absolute Gasteiger partial charge is 0.383 e. The first-order valence-corrected chi connectivity index (χ1v) is 6.13. The van der Waals surface area contributed by atoms with E-state index in [2.05, 4.69) is 12.2 Å². The van der Waals surface area contributed by atoms with E-state index >= 15 is 0 Å². The van der Waals surface area contributed by atoms with Gasteiger partial charge in [0.15, 0.2) is 0 Å². The van der Waals surface area contributed by atoms with Gasteiger partial charge in [0.2, 0.25) is 0 Å². The highest BCUT2D eigenvalue weighted by Crippen LogP contribution is 2.43. The zero-order valence-electron chi connectivity index (χ0n) is 10.1. The molecule has 0 saturated heterocycles. The fourth-order valence-corrected chi connectivity index (χ4v) is 2.40. The minimum Gasteiger partial charge on any atom is -0.383 e. The van der Waals surface area contributed by atoms with Gasteiger partial charge in [-0.2, -0.15) is 5.26 Å². The third-order valence-corrected chi connectivity index (χ3v) is 3.94. The van der Waals surface area contributed by atoms with Crippen LogP contribution >= 0.6 is 0 Å². The molecule has 2 rings (SSSR count). The monoisotopic (exact) mass is 232 g/mol. The highest BCUT2D eigenvalue weighted by molar-refractivity contribution is 5.58. The number of nitriles is 1. The minimum absolute atomic E-state index is 0.123. The van der Waals surface area contributed by atoms with Crippen LogP contribution in [0.25, 0.3) is 0 Å². The van der Waals surface area contributed by atoms with Crippen LogP contribution in [0.5, 0.6) is 0 Å². The second-order valence-corrected chi connectivity index (χ2v) is 4.83. The van der Waals surface area contributed by atoms with Gasteiger partial charge in [-0.05, 0) is 36.8 Å². The van der Waals surface area contributed by atoms with E-state index in [4.69, 9.17) is 5.26 Å². The fraction of sp³-hybridized carbons (Fsp3) is 0.500. The molecule has 0 amide bonds. The second kappa shape index (κ2) is 4.75. The van der Waals surface area contributed by atoms with Crippen molar-refractivity contribution in [3.05, 3.63) is 29.6 Å². The predicted molar refractivity (Wildman–Crippen MR) is 66.2 cm³/mol. The topological polar surface area (TPSA) is 35.8 Å². The Morgan fingerprint density at radius 2 is 2.24 bits per heavy atom. The van der Waals surface area contributed by atoms with Crippen LogP contribution in [0.1, 0.15) is 38.2 Å². The first-order chi connectivity index (χ1) is 8.21. The Hall–Kier alpha value is -1.56. The lowest BCUT2D eigenvalue weighted by Crippen LogP contribution is -2.36. The molecule has 0 aliphatic heterocycles. The van der Waals surface area contributed by atoms with E-state index in [1.54, 1.807) is 12.1 Å². The summed E-state index contributed by atoms with van der Waals surface area (Å²) >= 11 is 0. The number of hydrogen-bond acceptors (Lipinski definition) is 2. The van der Waals surface area contributed by atoms with Crippen LogP contribution in [0.4, 0.5) is 10.1 Å². The summed E-state index contributed by atoms with van der Waals surface area (Å²) < 4.78 is 13.4. The van der Waals surface area contributed by atoms with Crippen LogP contribution in [0, 0.1) is 22.6 Å². The summed E-state index contributed by atoms with van der Waals surface area (Å²) in [6.07, 6.45) is 4.88. The molecular formula is C14H17FN2. The quantitative estimate of drug-likeness (QED) is 0.859. The van der Waals surface area contributed by atoms with Gasteiger partial charge in [0, 0.05) is 6.54 Å². The third kappa shape index (κ3) is 2.26. The molecule has 0 spiro atoms. The molecule has 0 heterocycles. The Morgan fingerprint density at radius 1 is 1.47 bits per heavy atom. The summed E-state index contributed by atoms with van der Waals surface area (Å²) in [5.74, 6) is -0.448. The Labute approximate surface area is 101 Å². The first kappa shape index (κ1) is 11.9. The van der Waals surface area contributed by atoms with Crippen LogP contribution in [-0.2, 0) is 0 Å². The molecule has 17 heavy (non-hydrogen) atoms. The van der Waals surface area contributed by atoms with Gasteiger partial charge in [-0.15, -0.1) is 0 Å². The van der Waals surface area contributed by atoms with Gasteiger partial charge < -0.3 is 5.32 Å². The van der Waals surface area contributed by atoms with Crippen LogP contribution in [0.15, 0.2) is 18.2 Å². The van der Waals surface area contributed by atoms with Crippen molar-refractivity contribution >= 4 is 5.69 Å². The molecule has 1 aliphatic rings. The van der Waals surface area contributed by atoms with Crippen LogP contribution in [0.2, 0.25) is 0 Å². The van der Waals surface area contributed by atoms with E-state index < -0.39 is 5.82 Å². The van der Waals surface area contributed by atoms with E-state index in [1.165, 1.54) is 25.3 Å². The lowest BCUT2D eigenvalue weighted by atomic mass is 9.67. The van der Waals surface area contributed by atoms with Gasteiger partial charge in [0.1, 0.15) is 17.4 Å². The van der Waals surface area contributed by atoms with Crippen molar-refractivity contribution < 1.29 is 4.39 Å². The van der Waals surface area contributed by atoms with Crippen molar-refractivity contribution in [2.24, 2.45) is 5.41 Å². The number of nitrogens with zero attached hydrogens (tertiary/aromatic N) is 1. The van der Waals surface area contributed by atoms with Gasteiger partial charge in [-0.3, -0.25) is 0 Å². The maximum Gasteiger partial charge on any atom is 0.143 e. The normalized spacial score (nSPS) is 17.0. The lowest BCUT2D eigenvalue weighted by molar-refractivity contribution is 0.145. The van der Waals surface area contributed by atoms with Crippen molar-refractivity contribution in [1.29, 1.82) is 5.26 Å². The summed E-state index contributed by atoms with van der Waals surface area (Å²) in [4.78, 5) is 0. The van der Waals surface area contributed by atoms with E-state index in [0.717, 1.165) is 13.0 Å². The summed E-state index contributed by atoms with van der Waals surface area (Å²) in [5, 5.41) is 12.2. The zero-order chi connectivity index (χ0) is 12.3. The van der Waals surface area contributed by atoms with Gasteiger partial charge in [-0.25, -0.2) is 4.39 Å². The molecule has 1 saturated carbocycles. The molecule has 1 N–H and O–H groups in total. The average Bonchev–Trinajstić information content (AvgIpc) is 2.28. The van der Waals surface area contributed by atoms with Gasteiger partial charge in [0.25, 0.3) is 0 Å². The van der Waals surface area contributed by atoms with E-state index in [0.29, 0.717) is 11.1 Å². The Morgan fingerprint density at radius 3 is 2.76 bits per heavy atom. The second-order valence-electron chi connectivity index (χ2n) is 4.83. The van der Waals surface area contributed by atoms with Crippen LogP contribution < -0.4 is 5.32 Å². The number of rotatable bonds is 4. The molecule has 3 heteroatoms. The highest BCUT2D eigenvalue weighted by atomic mass is 19.1. The van der Waals surface area contributed by atoms with Crippen molar-refractivity contribution in [1.82, 2.24) is 0 Å². The fourth-order valence-electron chi connectivity index (χ4n) is 2.40. The molecular weight excluding hydrogens is 215 g/mol. The Kier molecular flexibility index (Phi) is 3.33. The number of nitrogens with one attached hydrogen (secondary N) is 1. The molecule has 0 aromatic heterocycles. The molecule has 0 radical (unpaired) electrons. The maximum absolute atomic E-state index is 13.4. The SMILES string of the molecule is CCC1(CNc2cccc(F)c2C#N)CCC1. The van der Waals surface area contributed by atoms with Crippen LogP contribution in [-0.4, -0.2) is 6.54 Å². The summed E-state index contributed by atoms with van der Waals surface area (Å²) in [7, 11) is 0. The third-order valence-electron chi connectivity index (χ3n) is 3.94. The molecule has 90 valence electrons. The maximum atomic E-state index is 13.4. The molecule has 0 unspecified atom stereocenters. The van der Waals surface area contributed by atoms with E-state index in [9.17, 15) is 4.39 Å². The number of halogens is 1. The Balaban J connectivity index is 2.09. The van der Waals surface area contributed by atoms with E-state index in [-0.39, 0.29) is 5.56 Å². The molecule has 0 atom stereocenters. The molecule has 0 bridgehead atoms. The molecule has 1 aromatic carbocycles. The van der Waals surface area contributed by atoms with Crippen molar-refractivity contribution in [2.75, 3.05) is 11.9 Å². The predicted octanol–water partition coefficient (Wildman–Crippen LogP) is 3.69. The smallest absolute Gasteiger partial charge is 0.143 e. The van der Waals surface area contributed by atoms with Gasteiger partial charge in [0.05, 0.1) is 5.69 Å². The van der Waals surface area contributed by atoms with Gasteiger partial charge in [-0.1, -0.05) is 19.4 Å². The Bertz CT molecular complexity index is 439. The van der Waals surface area contributed by atoms with Crippen molar-refractivity contribution in [3.8, 4) is 6.07 Å². The van der Waals surface area contributed by atoms with Crippen LogP contribution in [0.3, 0.4) is 0 Å².